The van der Waals surface area contributed by atoms with E-state index in [2.05, 4.69) is 18.7 Å². The summed E-state index contributed by atoms with van der Waals surface area (Å²) < 4.78 is 28.4. The van der Waals surface area contributed by atoms with Gasteiger partial charge in [0, 0.05) is 57.7 Å². The Morgan fingerprint density at radius 2 is 1.65 bits per heavy atom. The van der Waals surface area contributed by atoms with Crippen molar-refractivity contribution in [1.29, 1.82) is 0 Å². The minimum atomic E-state index is -0.973. The van der Waals surface area contributed by atoms with Gasteiger partial charge in [0.25, 0.3) is 0 Å². The number of benzene rings is 1. The molecule has 172 valence electrons. The van der Waals surface area contributed by atoms with Crippen molar-refractivity contribution in [2.45, 2.75) is 71.9 Å². The van der Waals surface area contributed by atoms with Crippen molar-refractivity contribution < 1.29 is 18.4 Å². The number of carbonyl (C=O) groups is 2. The highest BCUT2D eigenvalue weighted by atomic mass is 19.2. The van der Waals surface area contributed by atoms with Crippen LogP contribution in [-0.2, 0) is 16.1 Å². The lowest BCUT2D eigenvalue weighted by Gasteiger charge is -2.33. The molecule has 3 rings (SSSR count). The summed E-state index contributed by atoms with van der Waals surface area (Å²) in [4.78, 5) is 31.4. The van der Waals surface area contributed by atoms with Gasteiger partial charge < -0.3 is 14.7 Å². The van der Waals surface area contributed by atoms with E-state index in [1.54, 1.807) is 16.7 Å². The van der Waals surface area contributed by atoms with E-state index in [0.717, 1.165) is 50.9 Å². The van der Waals surface area contributed by atoms with Crippen molar-refractivity contribution in [3.63, 3.8) is 0 Å². The number of anilines is 1. The second kappa shape index (κ2) is 10.5. The molecule has 0 unspecified atom stereocenters. The minimum absolute atomic E-state index is 0.0553. The molecule has 0 saturated heterocycles. The van der Waals surface area contributed by atoms with Gasteiger partial charge in [-0.1, -0.05) is 6.92 Å². The maximum atomic E-state index is 14.2. The molecule has 5 nitrogen and oxygen atoms in total. The van der Waals surface area contributed by atoms with Crippen LogP contribution in [0.25, 0.3) is 0 Å². The zero-order chi connectivity index (χ0) is 22.5. The van der Waals surface area contributed by atoms with E-state index in [9.17, 15) is 18.4 Å². The first-order valence-electron chi connectivity index (χ1n) is 11.6. The first kappa shape index (κ1) is 23.6. The molecule has 1 aliphatic carbocycles. The third kappa shape index (κ3) is 6.25. The largest absolute Gasteiger partial charge is 0.338 e. The van der Waals surface area contributed by atoms with E-state index < -0.39 is 11.6 Å². The zero-order valence-corrected chi connectivity index (χ0v) is 19.0. The van der Waals surface area contributed by atoms with E-state index in [1.165, 1.54) is 0 Å². The summed E-state index contributed by atoms with van der Waals surface area (Å²) in [5.41, 5.74) is 0.873. The van der Waals surface area contributed by atoms with E-state index >= 15 is 0 Å². The van der Waals surface area contributed by atoms with Crippen LogP contribution in [0.1, 0.15) is 64.9 Å². The zero-order valence-electron chi connectivity index (χ0n) is 19.0. The first-order valence-corrected chi connectivity index (χ1v) is 11.6. The number of amides is 2. The second-order valence-electron chi connectivity index (χ2n) is 9.09. The Kier molecular flexibility index (Phi) is 8.03. The van der Waals surface area contributed by atoms with Crippen molar-refractivity contribution in [2.24, 2.45) is 5.92 Å². The van der Waals surface area contributed by atoms with E-state index in [-0.39, 0.29) is 24.8 Å². The van der Waals surface area contributed by atoms with Crippen molar-refractivity contribution in [1.82, 2.24) is 9.80 Å². The molecule has 1 fully saturated rings. The molecule has 1 heterocycles. The molecular weight excluding hydrogens is 400 g/mol. The van der Waals surface area contributed by atoms with Gasteiger partial charge in [-0.2, -0.15) is 0 Å². The lowest BCUT2D eigenvalue weighted by molar-refractivity contribution is -0.132. The Hall–Kier alpha value is -2.02. The Morgan fingerprint density at radius 3 is 2.26 bits per heavy atom. The Bertz CT molecular complexity index is 795. The van der Waals surface area contributed by atoms with Gasteiger partial charge in [0.15, 0.2) is 11.6 Å². The Morgan fingerprint density at radius 1 is 1.00 bits per heavy atom. The number of fused-ring (bicyclic) bond motifs is 1. The lowest BCUT2D eigenvalue weighted by atomic mass is 10.1. The molecule has 1 aromatic rings. The molecule has 1 aliphatic heterocycles. The summed E-state index contributed by atoms with van der Waals surface area (Å²) in [5, 5.41) is 0. The fourth-order valence-electron chi connectivity index (χ4n) is 4.25. The molecule has 31 heavy (non-hydrogen) atoms. The number of halogens is 2. The highest BCUT2D eigenvalue weighted by Crippen LogP contribution is 2.34. The topological polar surface area (TPSA) is 43.9 Å². The number of nitrogens with zero attached hydrogens (tertiary/aromatic N) is 3. The maximum absolute atomic E-state index is 14.2. The molecule has 0 atom stereocenters. The minimum Gasteiger partial charge on any atom is -0.338 e. The van der Waals surface area contributed by atoms with Crippen molar-refractivity contribution >= 4 is 17.5 Å². The van der Waals surface area contributed by atoms with Gasteiger partial charge in [0.1, 0.15) is 0 Å². The molecule has 0 aromatic heterocycles. The lowest BCUT2D eigenvalue weighted by Crippen LogP contribution is -2.40. The fraction of sp³-hybridized carbons (Fsp3) is 0.667. The molecule has 2 aliphatic rings. The van der Waals surface area contributed by atoms with Gasteiger partial charge in [-0.3, -0.25) is 9.59 Å². The molecule has 0 spiro atoms. The Labute approximate surface area is 184 Å². The van der Waals surface area contributed by atoms with Crippen LogP contribution in [0.15, 0.2) is 12.1 Å². The highest BCUT2D eigenvalue weighted by Gasteiger charge is 2.29. The third-order valence-electron chi connectivity index (χ3n) is 6.32. The second-order valence-corrected chi connectivity index (χ2v) is 9.09. The third-order valence-corrected chi connectivity index (χ3v) is 6.32. The number of hydrogen-bond donors (Lipinski definition) is 0. The fourth-order valence-corrected chi connectivity index (χ4v) is 4.25. The summed E-state index contributed by atoms with van der Waals surface area (Å²) >= 11 is 0. The quantitative estimate of drug-likeness (QED) is 0.707. The summed E-state index contributed by atoms with van der Waals surface area (Å²) in [7, 11) is 0. The molecule has 0 bridgehead atoms. The first-order chi connectivity index (χ1) is 14.8. The van der Waals surface area contributed by atoms with E-state index in [4.69, 9.17) is 0 Å². The predicted molar refractivity (Wildman–Crippen MR) is 118 cm³/mol. The van der Waals surface area contributed by atoms with E-state index in [1.807, 2.05) is 0 Å². The van der Waals surface area contributed by atoms with Gasteiger partial charge in [-0.05, 0) is 57.1 Å². The van der Waals surface area contributed by atoms with Crippen LogP contribution < -0.4 is 4.90 Å². The normalized spacial score (nSPS) is 19.0. The van der Waals surface area contributed by atoms with Gasteiger partial charge in [-0.15, -0.1) is 0 Å². The van der Waals surface area contributed by atoms with Gasteiger partial charge in [0.2, 0.25) is 11.8 Å². The number of carbonyl (C=O) groups excluding carboxylic acids is 2. The summed E-state index contributed by atoms with van der Waals surface area (Å²) in [6, 6.07) is 2.63. The van der Waals surface area contributed by atoms with Crippen molar-refractivity contribution in [3.8, 4) is 0 Å². The maximum Gasteiger partial charge on any atom is 0.226 e. The molecule has 7 heteroatoms. The van der Waals surface area contributed by atoms with Gasteiger partial charge in [-0.25, -0.2) is 8.78 Å². The van der Waals surface area contributed by atoms with Crippen molar-refractivity contribution in [3.05, 3.63) is 29.3 Å². The monoisotopic (exact) mass is 435 g/mol. The van der Waals surface area contributed by atoms with Crippen LogP contribution in [-0.4, -0.2) is 53.8 Å². The summed E-state index contributed by atoms with van der Waals surface area (Å²) in [6.07, 6.45) is 4.50. The molecule has 1 saturated carbocycles. The summed E-state index contributed by atoms with van der Waals surface area (Å²) in [6.45, 7) is 8.90. The molecule has 2 amide bonds. The molecular formula is C24H35F2N3O2. The average molecular weight is 436 g/mol. The summed E-state index contributed by atoms with van der Waals surface area (Å²) in [5.74, 6) is -1.55. The van der Waals surface area contributed by atoms with Crippen LogP contribution in [0.5, 0.6) is 0 Å². The van der Waals surface area contributed by atoms with Crippen LogP contribution >= 0.6 is 0 Å². The number of rotatable bonds is 4. The standard InChI is InChI=1S/C24H35F2N3O2/c1-4-23(30)29-12-6-10-27(17(2)3)9-5-11-28(24(31)13-18-7-8-18)16-19-14-20(25)21(26)15-22(19)29/h14-15,17-18H,4-13,16H2,1-3H3. The van der Waals surface area contributed by atoms with Crippen LogP contribution in [0, 0.1) is 17.6 Å². The SMILES string of the molecule is CCC(=O)N1CCCN(C(C)C)CCCN(C(=O)CC2CC2)Cc2cc(F)c(F)cc21. The predicted octanol–water partition coefficient (Wildman–Crippen LogP) is 4.34. The van der Waals surface area contributed by atoms with Gasteiger partial charge in [0.05, 0.1) is 5.69 Å². The van der Waals surface area contributed by atoms with Crippen molar-refractivity contribution in [2.75, 3.05) is 31.1 Å². The van der Waals surface area contributed by atoms with Crippen LogP contribution in [0.2, 0.25) is 0 Å². The highest BCUT2D eigenvalue weighted by molar-refractivity contribution is 5.94. The van der Waals surface area contributed by atoms with Gasteiger partial charge >= 0.3 is 0 Å². The number of hydrogen-bond acceptors (Lipinski definition) is 3. The van der Waals surface area contributed by atoms with E-state index in [0.29, 0.717) is 42.7 Å². The molecule has 0 radical (unpaired) electrons. The molecule has 1 aromatic carbocycles. The molecule has 0 N–H and O–H groups in total. The smallest absolute Gasteiger partial charge is 0.226 e. The van der Waals surface area contributed by atoms with Crippen LogP contribution in [0.4, 0.5) is 14.5 Å². The van der Waals surface area contributed by atoms with Crippen LogP contribution in [0.3, 0.4) is 0 Å². The average Bonchev–Trinajstić information content (AvgIpc) is 3.53. The Balaban J connectivity index is 1.97.